The van der Waals surface area contributed by atoms with Crippen LogP contribution in [0.25, 0.3) is 0 Å². The molecule has 1 amide bonds. The maximum absolute atomic E-state index is 12.0. The molecule has 0 aromatic heterocycles. The minimum absolute atomic E-state index is 0.288. The third-order valence-corrected chi connectivity index (χ3v) is 3.90. The standard InChI is InChI=1S/C16H21NO3S/c18-15(12-21)10-13-6-8-17(9-7-13)16(19)20-11-14-4-2-1-3-5-14/h1-6,15,18,21H,7-12H2/t15-/m1/s1. The Hall–Kier alpha value is -1.46. The van der Waals surface area contributed by atoms with Gasteiger partial charge in [0.25, 0.3) is 0 Å². The minimum atomic E-state index is -0.406. The molecule has 0 fully saturated rings. The number of ether oxygens (including phenoxy) is 1. The lowest BCUT2D eigenvalue weighted by molar-refractivity contribution is 0.0984. The van der Waals surface area contributed by atoms with Crippen LogP contribution >= 0.6 is 12.6 Å². The van der Waals surface area contributed by atoms with Gasteiger partial charge in [-0.05, 0) is 18.4 Å². The maximum atomic E-state index is 12.0. The van der Waals surface area contributed by atoms with Gasteiger partial charge < -0.3 is 14.7 Å². The minimum Gasteiger partial charge on any atom is -0.445 e. The van der Waals surface area contributed by atoms with Crippen molar-refractivity contribution in [1.82, 2.24) is 4.90 Å². The topological polar surface area (TPSA) is 49.8 Å². The third kappa shape index (κ3) is 5.10. The highest BCUT2D eigenvalue weighted by atomic mass is 32.1. The Kier molecular flexibility index (Phi) is 6.14. The summed E-state index contributed by atoms with van der Waals surface area (Å²) in [6.07, 6.45) is 2.72. The summed E-state index contributed by atoms with van der Waals surface area (Å²) in [5, 5.41) is 9.57. The lowest BCUT2D eigenvalue weighted by atomic mass is 10.0. The number of carbonyl (C=O) groups excluding carboxylic acids is 1. The molecule has 1 aromatic rings. The molecule has 1 atom stereocenters. The summed E-state index contributed by atoms with van der Waals surface area (Å²) in [7, 11) is 0. The van der Waals surface area contributed by atoms with Crippen LogP contribution in [0.15, 0.2) is 42.0 Å². The van der Waals surface area contributed by atoms with E-state index in [2.05, 4.69) is 12.6 Å². The first-order valence-corrected chi connectivity index (χ1v) is 7.74. The number of aliphatic hydroxyl groups is 1. The van der Waals surface area contributed by atoms with E-state index < -0.39 is 6.10 Å². The number of nitrogens with zero attached hydrogens (tertiary/aromatic N) is 1. The van der Waals surface area contributed by atoms with E-state index in [1.807, 2.05) is 36.4 Å². The van der Waals surface area contributed by atoms with Gasteiger partial charge in [0, 0.05) is 18.8 Å². The summed E-state index contributed by atoms with van der Waals surface area (Å²) in [4.78, 5) is 13.6. The third-order valence-electron chi connectivity index (χ3n) is 3.48. The predicted molar refractivity (Wildman–Crippen MR) is 85.4 cm³/mol. The van der Waals surface area contributed by atoms with E-state index in [0.717, 1.165) is 12.0 Å². The molecular weight excluding hydrogens is 286 g/mol. The molecular formula is C16H21NO3S. The lowest BCUT2D eigenvalue weighted by Gasteiger charge is -2.26. The number of hydrogen-bond donors (Lipinski definition) is 2. The SMILES string of the molecule is O=C(OCc1ccccc1)N1CC=C(C[C@@H](O)CS)CC1. The van der Waals surface area contributed by atoms with Crippen molar-refractivity contribution in [3.8, 4) is 0 Å². The van der Waals surface area contributed by atoms with Gasteiger partial charge in [-0.25, -0.2) is 4.79 Å². The number of benzene rings is 1. The van der Waals surface area contributed by atoms with Crippen molar-refractivity contribution < 1.29 is 14.6 Å². The van der Waals surface area contributed by atoms with Crippen molar-refractivity contribution in [2.75, 3.05) is 18.8 Å². The molecule has 0 spiro atoms. The van der Waals surface area contributed by atoms with Crippen LogP contribution in [0, 0.1) is 0 Å². The van der Waals surface area contributed by atoms with Crippen molar-refractivity contribution >= 4 is 18.7 Å². The average Bonchev–Trinajstić information content (AvgIpc) is 2.54. The van der Waals surface area contributed by atoms with Crippen molar-refractivity contribution in [2.24, 2.45) is 0 Å². The van der Waals surface area contributed by atoms with Crippen molar-refractivity contribution in [2.45, 2.75) is 25.6 Å². The number of rotatable bonds is 5. The maximum Gasteiger partial charge on any atom is 0.410 e. The normalized spacial score (nSPS) is 16.3. The van der Waals surface area contributed by atoms with Gasteiger partial charge in [-0.3, -0.25) is 0 Å². The number of hydrogen-bond acceptors (Lipinski definition) is 4. The highest BCUT2D eigenvalue weighted by Gasteiger charge is 2.19. The number of carbonyl (C=O) groups is 1. The smallest absolute Gasteiger partial charge is 0.410 e. The monoisotopic (exact) mass is 307 g/mol. The summed E-state index contributed by atoms with van der Waals surface area (Å²) in [5.41, 5.74) is 2.17. The average molecular weight is 307 g/mol. The molecule has 4 nitrogen and oxygen atoms in total. The number of aliphatic hydroxyl groups excluding tert-OH is 1. The number of thiol groups is 1. The Morgan fingerprint density at radius 2 is 2.14 bits per heavy atom. The first kappa shape index (κ1) is 15.9. The van der Waals surface area contributed by atoms with Crippen LogP contribution in [0.2, 0.25) is 0 Å². The van der Waals surface area contributed by atoms with Crippen LogP contribution in [0.1, 0.15) is 18.4 Å². The van der Waals surface area contributed by atoms with Crippen LogP contribution in [0.4, 0.5) is 4.79 Å². The Labute approximate surface area is 130 Å². The molecule has 0 saturated carbocycles. The highest BCUT2D eigenvalue weighted by molar-refractivity contribution is 7.80. The second kappa shape index (κ2) is 8.10. The molecule has 0 bridgehead atoms. The van der Waals surface area contributed by atoms with Gasteiger partial charge >= 0.3 is 6.09 Å². The van der Waals surface area contributed by atoms with Gasteiger partial charge in [0.05, 0.1) is 6.10 Å². The van der Waals surface area contributed by atoms with E-state index in [9.17, 15) is 9.90 Å². The molecule has 114 valence electrons. The summed E-state index contributed by atoms with van der Waals surface area (Å²) in [6.45, 7) is 1.48. The summed E-state index contributed by atoms with van der Waals surface area (Å²) in [5.74, 6) is 0.459. The molecule has 1 aliphatic heterocycles. The Bertz CT molecular complexity index is 490. The van der Waals surface area contributed by atoms with Gasteiger partial charge in [0.15, 0.2) is 0 Å². The first-order valence-electron chi connectivity index (χ1n) is 7.11. The fourth-order valence-corrected chi connectivity index (χ4v) is 2.37. The zero-order chi connectivity index (χ0) is 15.1. The highest BCUT2D eigenvalue weighted by Crippen LogP contribution is 2.17. The van der Waals surface area contributed by atoms with E-state index >= 15 is 0 Å². The molecule has 1 N–H and O–H groups in total. The molecule has 0 aliphatic carbocycles. The molecule has 1 aromatic carbocycles. The molecule has 0 saturated heterocycles. The van der Waals surface area contributed by atoms with E-state index in [-0.39, 0.29) is 6.09 Å². The zero-order valence-corrected chi connectivity index (χ0v) is 12.8. The van der Waals surface area contributed by atoms with Gasteiger partial charge in [-0.15, -0.1) is 0 Å². The molecule has 5 heteroatoms. The van der Waals surface area contributed by atoms with E-state index in [0.29, 0.717) is 31.9 Å². The van der Waals surface area contributed by atoms with Crippen LogP contribution in [0.5, 0.6) is 0 Å². The van der Waals surface area contributed by atoms with Crippen molar-refractivity contribution in [3.05, 3.63) is 47.5 Å². The summed E-state index contributed by atoms with van der Waals surface area (Å²) in [6, 6.07) is 9.64. The lowest BCUT2D eigenvalue weighted by Crippen LogP contribution is -2.35. The molecule has 0 unspecified atom stereocenters. The van der Waals surface area contributed by atoms with Gasteiger partial charge in [-0.2, -0.15) is 12.6 Å². The fraction of sp³-hybridized carbons (Fsp3) is 0.438. The fourth-order valence-electron chi connectivity index (χ4n) is 2.24. The summed E-state index contributed by atoms with van der Waals surface area (Å²) >= 11 is 4.07. The van der Waals surface area contributed by atoms with Gasteiger partial charge in [-0.1, -0.05) is 42.0 Å². The van der Waals surface area contributed by atoms with Gasteiger partial charge in [0.1, 0.15) is 6.61 Å². The molecule has 1 aliphatic rings. The van der Waals surface area contributed by atoms with Crippen molar-refractivity contribution in [3.63, 3.8) is 0 Å². The zero-order valence-electron chi connectivity index (χ0n) is 11.9. The second-order valence-corrected chi connectivity index (χ2v) is 5.50. The van der Waals surface area contributed by atoms with Crippen LogP contribution in [0.3, 0.4) is 0 Å². The van der Waals surface area contributed by atoms with Crippen LogP contribution in [-0.4, -0.2) is 41.0 Å². The molecule has 21 heavy (non-hydrogen) atoms. The first-order chi connectivity index (χ1) is 10.2. The largest absolute Gasteiger partial charge is 0.445 e. The Morgan fingerprint density at radius 1 is 1.38 bits per heavy atom. The van der Waals surface area contributed by atoms with Crippen molar-refractivity contribution in [1.29, 1.82) is 0 Å². The predicted octanol–water partition coefficient (Wildman–Crippen LogP) is 2.64. The van der Waals surface area contributed by atoms with Crippen LogP contribution in [-0.2, 0) is 11.3 Å². The Balaban J connectivity index is 1.77. The van der Waals surface area contributed by atoms with E-state index in [1.165, 1.54) is 5.57 Å². The van der Waals surface area contributed by atoms with E-state index in [1.54, 1.807) is 4.90 Å². The van der Waals surface area contributed by atoms with E-state index in [4.69, 9.17) is 4.74 Å². The quantitative estimate of drug-likeness (QED) is 0.649. The molecule has 2 rings (SSSR count). The Morgan fingerprint density at radius 3 is 2.76 bits per heavy atom. The summed E-state index contributed by atoms with van der Waals surface area (Å²) < 4.78 is 5.30. The van der Waals surface area contributed by atoms with Gasteiger partial charge in [0.2, 0.25) is 0 Å². The molecule has 0 radical (unpaired) electrons. The number of amides is 1. The second-order valence-electron chi connectivity index (χ2n) is 5.14. The molecule has 1 heterocycles. The van der Waals surface area contributed by atoms with Crippen LogP contribution < -0.4 is 0 Å².